The second-order valence-electron chi connectivity index (χ2n) is 3.64. The van der Waals surface area contributed by atoms with Crippen LogP contribution >= 0.6 is 22.9 Å². The molecule has 1 aromatic carbocycles. The summed E-state index contributed by atoms with van der Waals surface area (Å²) in [6, 6.07) is 4.34. The van der Waals surface area contributed by atoms with Crippen molar-refractivity contribution in [1.82, 2.24) is 5.32 Å². The third-order valence-corrected chi connectivity index (χ3v) is 3.74. The Morgan fingerprint density at radius 3 is 2.94 bits per heavy atom. The average molecular weight is 280 g/mol. The molecule has 0 fully saturated rings. The number of hydrogen-bond acceptors (Lipinski definition) is 3. The number of thiophene rings is 1. The van der Waals surface area contributed by atoms with Gasteiger partial charge in [0.1, 0.15) is 17.2 Å². The number of nitrogens with zero attached hydrogens (tertiary/aromatic N) is 2. The van der Waals surface area contributed by atoms with E-state index in [9.17, 15) is 9.18 Å². The van der Waals surface area contributed by atoms with E-state index >= 15 is 0 Å². The summed E-state index contributed by atoms with van der Waals surface area (Å²) >= 11 is 7.09. The molecule has 3 nitrogen and oxygen atoms in total. The summed E-state index contributed by atoms with van der Waals surface area (Å²) in [6.45, 7) is 0. The summed E-state index contributed by atoms with van der Waals surface area (Å²) in [5, 5.41) is 6.07. The highest BCUT2D eigenvalue weighted by molar-refractivity contribution is 7.15. The highest BCUT2D eigenvalue weighted by atomic mass is 35.5. The van der Waals surface area contributed by atoms with Crippen molar-refractivity contribution in [2.45, 2.75) is 0 Å². The summed E-state index contributed by atoms with van der Waals surface area (Å²) in [5.41, 5.74) is 1.81. The van der Waals surface area contributed by atoms with E-state index in [1.165, 1.54) is 29.8 Å². The number of benzene rings is 1. The minimum atomic E-state index is -0.487. The van der Waals surface area contributed by atoms with Crippen LogP contribution in [0.2, 0.25) is 5.02 Å². The third kappa shape index (κ3) is 1.72. The van der Waals surface area contributed by atoms with Gasteiger partial charge in [-0.3, -0.25) is 4.79 Å². The number of halogens is 2. The van der Waals surface area contributed by atoms with Crippen molar-refractivity contribution in [3.05, 3.63) is 40.0 Å². The molecule has 1 radical (unpaired) electrons. The second-order valence-corrected chi connectivity index (χ2v) is 4.90. The van der Waals surface area contributed by atoms with Crippen LogP contribution in [0.1, 0.15) is 10.4 Å². The van der Waals surface area contributed by atoms with Gasteiger partial charge in [-0.15, -0.1) is 11.3 Å². The minimum Gasteiger partial charge on any atom is -0.267 e. The summed E-state index contributed by atoms with van der Waals surface area (Å²) in [4.78, 5) is 15.8. The minimum absolute atomic E-state index is 0.0242. The number of amides is 1. The van der Waals surface area contributed by atoms with Crippen LogP contribution in [-0.2, 0) is 0 Å². The SMILES string of the molecule is O=C1[N]C=Nc2scc(-c3ccc(F)c(Cl)c3)c21. The van der Waals surface area contributed by atoms with Gasteiger partial charge in [0.25, 0.3) is 5.91 Å². The second kappa shape index (κ2) is 4.19. The lowest BCUT2D eigenvalue weighted by Crippen LogP contribution is -2.17. The van der Waals surface area contributed by atoms with Crippen molar-refractivity contribution in [3.8, 4) is 11.1 Å². The van der Waals surface area contributed by atoms with E-state index in [4.69, 9.17) is 11.6 Å². The van der Waals surface area contributed by atoms with Crippen molar-refractivity contribution >= 4 is 40.2 Å². The number of carbonyl (C=O) groups excluding carboxylic acids is 1. The molecule has 18 heavy (non-hydrogen) atoms. The van der Waals surface area contributed by atoms with E-state index < -0.39 is 5.82 Å². The highest BCUT2D eigenvalue weighted by Gasteiger charge is 2.23. The summed E-state index contributed by atoms with van der Waals surface area (Å²) < 4.78 is 13.1. The van der Waals surface area contributed by atoms with Crippen LogP contribution < -0.4 is 5.32 Å². The first-order chi connectivity index (χ1) is 8.66. The molecule has 0 N–H and O–H groups in total. The van der Waals surface area contributed by atoms with Crippen LogP contribution in [0.5, 0.6) is 0 Å². The largest absolute Gasteiger partial charge is 0.282 e. The molecule has 0 bridgehead atoms. The lowest BCUT2D eigenvalue weighted by atomic mass is 10.0. The maximum absolute atomic E-state index is 13.1. The molecule has 2 aromatic rings. The van der Waals surface area contributed by atoms with E-state index in [1.807, 2.05) is 0 Å². The molecule has 0 spiro atoms. The van der Waals surface area contributed by atoms with Gasteiger partial charge in [-0.2, -0.15) is 5.32 Å². The Hall–Kier alpha value is -1.72. The third-order valence-electron chi connectivity index (χ3n) is 2.57. The fraction of sp³-hybridized carbons (Fsp3) is 0. The number of aliphatic imine (C=N–C) groups is 1. The van der Waals surface area contributed by atoms with Gasteiger partial charge in [-0.05, 0) is 17.7 Å². The average Bonchev–Trinajstić information content (AvgIpc) is 2.78. The molecule has 0 saturated carbocycles. The van der Waals surface area contributed by atoms with Gasteiger partial charge in [0.15, 0.2) is 0 Å². The van der Waals surface area contributed by atoms with Gasteiger partial charge in [0, 0.05) is 10.9 Å². The van der Waals surface area contributed by atoms with Crippen molar-refractivity contribution in [2.24, 2.45) is 4.99 Å². The Labute approximate surface area is 111 Å². The first kappa shape index (κ1) is 11.4. The maximum Gasteiger partial charge on any atom is 0.282 e. The number of hydrogen-bond donors (Lipinski definition) is 0. The molecular weight excluding hydrogens is 275 g/mol. The van der Waals surface area contributed by atoms with Crippen molar-refractivity contribution in [3.63, 3.8) is 0 Å². The fourth-order valence-electron chi connectivity index (χ4n) is 1.72. The molecule has 0 atom stereocenters. The van der Waals surface area contributed by atoms with E-state index in [2.05, 4.69) is 10.3 Å². The molecule has 0 unspecified atom stereocenters. The molecule has 1 aliphatic heterocycles. The van der Waals surface area contributed by atoms with Gasteiger partial charge in [0.05, 0.1) is 10.6 Å². The van der Waals surface area contributed by atoms with Crippen LogP contribution in [0.15, 0.2) is 28.6 Å². The van der Waals surface area contributed by atoms with Crippen LogP contribution in [0.4, 0.5) is 9.39 Å². The molecule has 1 aromatic heterocycles. The van der Waals surface area contributed by atoms with Crippen LogP contribution in [0.3, 0.4) is 0 Å². The maximum atomic E-state index is 13.1. The van der Waals surface area contributed by atoms with E-state index in [-0.39, 0.29) is 10.9 Å². The van der Waals surface area contributed by atoms with E-state index in [0.29, 0.717) is 21.7 Å². The monoisotopic (exact) mass is 279 g/mol. The Morgan fingerprint density at radius 2 is 2.17 bits per heavy atom. The normalized spacial score (nSPS) is 13.3. The van der Waals surface area contributed by atoms with E-state index in [1.54, 1.807) is 11.4 Å². The lowest BCUT2D eigenvalue weighted by Gasteiger charge is -2.07. The molecule has 6 heteroatoms. The van der Waals surface area contributed by atoms with Gasteiger partial charge in [0.2, 0.25) is 0 Å². The van der Waals surface area contributed by atoms with Crippen LogP contribution in [-0.4, -0.2) is 12.2 Å². The molecular formula is C12H5ClFN2OS. The van der Waals surface area contributed by atoms with Gasteiger partial charge < -0.3 is 0 Å². The first-order valence-corrected chi connectivity index (χ1v) is 6.27. The number of rotatable bonds is 1. The standard InChI is InChI=1S/C12H5ClFN2OS/c13-8-3-6(1-2-9(8)14)7-4-18-12-10(7)11(17)15-5-16-12/h1-5H. The van der Waals surface area contributed by atoms with Crippen LogP contribution in [0, 0.1) is 5.82 Å². The smallest absolute Gasteiger partial charge is 0.267 e. The molecule has 1 amide bonds. The first-order valence-electron chi connectivity index (χ1n) is 5.01. The summed E-state index contributed by atoms with van der Waals surface area (Å²) in [7, 11) is 0. The van der Waals surface area contributed by atoms with Crippen molar-refractivity contribution in [1.29, 1.82) is 0 Å². The Bertz CT molecular complexity index is 681. The molecule has 1 aliphatic rings. The van der Waals surface area contributed by atoms with E-state index in [0.717, 1.165) is 0 Å². The number of fused-ring (bicyclic) bond motifs is 1. The Balaban J connectivity index is 2.18. The Morgan fingerprint density at radius 1 is 1.33 bits per heavy atom. The quantitative estimate of drug-likeness (QED) is 0.786. The van der Waals surface area contributed by atoms with Crippen LogP contribution in [0.25, 0.3) is 11.1 Å². The van der Waals surface area contributed by atoms with Crippen molar-refractivity contribution < 1.29 is 9.18 Å². The zero-order valence-corrected chi connectivity index (χ0v) is 10.4. The lowest BCUT2D eigenvalue weighted by molar-refractivity contribution is 0.0975. The van der Waals surface area contributed by atoms with Gasteiger partial charge >= 0.3 is 0 Å². The summed E-state index contributed by atoms with van der Waals surface area (Å²) in [5.74, 6) is -0.824. The summed E-state index contributed by atoms with van der Waals surface area (Å²) in [6.07, 6.45) is 1.24. The molecule has 3 rings (SSSR count). The predicted molar refractivity (Wildman–Crippen MR) is 69.3 cm³/mol. The van der Waals surface area contributed by atoms with Gasteiger partial charge in [-0.1, -0.05) is 17.7 Å². The Kier molecular flexibility index (Phi) is 2.65. The molecule has 2 heterocycles. The predicted octanol–water partition coefficient (Wildman–Crippen LogP) is 3.63. The molecule has 89 valence electrons. The topological polar surface area (TPSA) is 43.5 Å². The zero-order valence-electron chi connectivity index (χ0n) is 8.85. The highest BCUT2D eigenvalue weighted by Crippen LogP contribution is 2.39. The molecule has 0 saturated heterocycles. The van der Waals surface area contributed by atoms with Gasteiger partial charge in [-0.25, -0.2) is 9.38 Å². The van der Waals surface area contributed by atoms with Crippen molar-refractivity contribution in [2.75, 3.05) is 0 Å². The number of carbonyl (C=O) groups is 1. The fourth-order valence-corrected chi connectivity index (χ4v) is 2.81. The molecule has 0 aliphatic carbocycles. The zero-order chi connectivity index (χ0) is 12.7.